The molecule has 1 saturated carbocycles. The van der Waals surface area contributed by atoms with E-state index in [1.807, 2.05) is 23.5 Å². The molecule has 2 aromatic rings. The van der Waals surface area contributed by atoms with Crippen LogP contribution in [-0.2, 0) is 0 Å². The minimum Gasteiger partial charge on any atom is -0.393 e. The summed E-state index contributed by atoms with van der Waals surface area (Å²) in [7, 11) is 0. The molecule has 1 aromatic carbocycles. The number of hydrogen-bond acceptors (Lipinski definition) is 4. The lowest BCUT2D eigenvalue weighted by atomic mass is 9.86. The summed E-state index contributed by atoms with van der Waals surface area (Å²) in [5, 5.41) is 23.8. The van der Waals surface area contributed by atoms with E-state index < -0.39 is 6.10 Å². The van der Waals surface area contributed by atoms with Crippen LogP contribution in [0.25, 0.3) is 11.3 Å². The SMILES string of the molecule is O=C(NC1CCC(O)CC1)N1CCC(C(O)C[C@H]2c3ccccc3-c3cncn32)CC1. The third kappa shape index (κ3) is 4.08. The zero-order valence-electron chi connectivity index (χ0n) is 17.9. The number of aromatic nitrogens is 2. The predicted molar refractivity (Wildman–Crippen MR) is 118 cm³/mol. The summed E-state index contributed by atoms with van der Waals surface area (Å²) in [5.41, 5.74) is 3.59. The number of likely N-dealkylation sites (tertiary alicyclic amines) is 1. The lowest BCUT2D eigenvalue weighted by molar-refractivity contribution is 0.0529. The largest absolute Gasteiger partial charge is 0.393 e. The van der Waals surface area contributed by atoms with Gasteiger partial charge in [-0.05, 0) is 56.4 Å². The summed E-state index contributed by atoms with van der Waals surface area (Å²) in [6, 6.07) is 8.67. The molecule has 0 bridgehead atoms. The second-order valence-corrected chi connectivity index (χ2v) is 9.37. The molecule has 7 nitrogen and oxygen atoms in total. The van der Waals surface area contributed by atoms with Gasteiger partial charge in [0, 0.05) is 24.7 Å². The second-order valence-electron chi connectivity index (χ2n) is 9.37. The Hall–Kier alpha value is -2.38. The number of amides is 2. The van der Waals surface area contributed by atoms with Gasteiger partial charge in [-0.25, -0.2) is 9.78 Å². The molecule has 166 valence electrons. The van der Waals surface area contributed by atoms with Crippen LogP contribution in [0.1, 0.15) is 56.6 Å². The van der Waals surface area contributed by atoms with Crippen LogP contribution in [0.5, 0.6) is 0 Å². The molecule has 5 rings (SSSR count). The molecule has 2 aliphatic heterocycles. The number of rotatable bonds is 4. The number of carbonyl (C=O) groups excluding carboxylic acids is 1. The van der Waals surface area contributed by atoms with Crippen molar-refractivity contribution in [2.75, 3.05) is 13.1 Å². The van der Waals surface area contributed by atoms with E-state index >= 15 is 0 Å². The molecular formula is C24H32N4O3. The van der Waals surface area contributed by atoms with Crippen LogP contribution in [0.15, 0.2) is 36.8 Å². The van der Waals surface area contributed by atoms with E-state index in [1.54, 1.807) is 0 Å². The number of carbonyl (C=O) groups is 1. The van der Waals surface area contributed by atoms with Gasteiger partial charge in [0.05, 0.1) is 36.5 Å². The molecule has 1 aromatic heterocycles. The highest BCUT2D eigenvalue weighted by atomic mass is 16.3. The van der Waals surface area contributed by atoms with E-state index in [2.05, 4.69) is 33.1 Å². The maximum absolute atomic E-state index is 12.6. The normalized spacial score (nSPS) is 26.9. The number of aliphatic hydroxyl groups is 2. The highest BCUT2D eigenvalue weighted by Crippen LogP contribution is 2.42. The summed E-state index contributed by atoms with van der Waals surface area (Å²) in [4.78, 5) is 18.8. The fourth-order valence-corrected chi connectivity index (χ4v) is 5.57. The molecule has 3 aliphatic rings. The summed E-state index contributed by atoms with van der Waals surface area (Å²) in [5.74, 6) is 0.202. The maximum Gasteiger partial charge on any atom is 0.317 e. The molecule has 3 N–H and O–H groups in total. The van der Waals surface area contributed by atoms with Gasteiger partial charge in [0.1, 0.15) is 0 Å². The average Bonchev–Trinajstić information content (AvgIpc) is 3.38. The maximum atomic E-state index is 12.6. The Morgan fingerprint density at radius 1 is 1.13 bits per heavy atom. The van der Waals surface area contributed by atoms with E-state index in [0.29, 0.717) is 19.5 Å². The van der Waals surface area contributed by atoms with Crippen molar-refractivity contribution in [2.45, 2.75) is 69.2 Å². The molecule has 2 atom stereocenters. The molecule has 1 unspecified atom stereocenters. The molecule has 7 heteroatoms. The van der Waals surface area contributed by atoms with Gasteiger partial charge in [-0.1, -0.05) is 24.3 Å². The second kappa shape index (κ2) is 8.63. The van der Waals surface area contributed by atoms with Crippen molar-refractivity contribution < 1.29 is 15.0 Å². The van der Waals surface area contributed by atoms with Crippen LogP contribution in [0.4, 0.5) is 4.79 Å². The Labute approximate surface area is 183 Å². The van der Waals surface area contributed by atoms with Gasteiger partial charge in [0.25, 0.3) is 0 Å². The van der Waals surface area contributed by atoms with E-state index in [1.165, 1.54) is 11.1 Å². The Morgan fingerprint density at radius 3 is 2.65 bits per heavy atom. The Kier molecular flexibility index (Phi) is 5.71. The van der Waals surface area contributed by atoms with Gasteiger partial charge in [-0.15, -0.1) is 0 Å². The van der Waals surface area contributed by atoms with Crippen LogP contribution < -0.4 is 5.32 Å². The monoisotopic (exact) mass is 424 g/mol. The molecule has 2 amide bonds. The van der Waals surface area contributed by atoms with Crippen molar-refractivity contribution in [1.29, 1.82) is 0 Å². The lowest BCUT2D eigenvalue weighted by Gasteiger charge is -2.36. The third-order valence-corrected chi connectivity index (χ3v) is 7.46. The van der Waals surface area contributed by atoms with Crippen LogP contribution >= 0.6 is 0 Å². The van der Waals surface area contributed by atoms with E-state index in [-0.39, 0.29) is 30.1 Å². The summed E-state index contributed by atoms with van der Waals surface area (Å²) in [6.07, 6.45) is 8.69. The van der Waals surface area contributed by atoms with Crippen molar-refractivity contribution in [3.05, 3.63) is 42.4 Å². The number of imidazole rings is 1. The number of nitrogens with zero attached hydrogens (tertiary/aromatic N) is 3. The van der Waals surface area contributed by atoms with E-state index in [0.717, 1.165) is 44.2 Å². The van der Waals surface area contributed by atoms with Crippen molar-refractivity contribution in [2.24, 2.45) is 5.92 Å². The molecule has 31 heavy (non-hydrogen) atoms. The van der Waals surface area contributed by atoms with Gasteiger partial charge in [0.15, 0.2) is 0 Å². The van der Waals surface area contributed by atoms with Gasteiger partial charge in [-0.2, -0.15) is 0 Å². The van der Waals surface area contributed by atoms with Crippen LogP contribution in [0.2, 0.25) is 0 Å². The number of hydrogen-bond donors (Lipinski definition) is 3. The van der Waals surface area contributed by atoms with Crippen molar-refractivity contribution in [3.63, 3.8) is 0 Å². The fourth-order valence-electron chi connectivity index (χ4n) is 5.57. The first kappa shape index (κ1) is 20.5. The summed E-state index contributed by atoms with van der Waals surface area (Å²) >= 11 is 0. The number of benzene rings is 1. The number of fused-ring (bicyclic) bond motifs is 3. The van der Waals surface area contributed by atoms with Gasteiger partial charge < -0.3 is 25.0 Å². The molecule has 0 spiro atoms. The molecular weight excluding hydrogens is 392 g/mol. The first-order valence-corrected chi connectivity index (χ1v) is 11.6. The Morgan fingerprint density at radius 2 is 1.87 bits per heavy atom. The minimum absolute atomic E-state index is 0.00195. The van der Waals surface area contributed by atoms with Crippen molar-refractivity contribution in [3.8, 4) is 11.3 Å². The molecule has 1 saturated heterocycles. The molecule has 2 fully saturated rings. The van der Waals surface area contributed by atoms with Crippen LogP contribution in [-0.4, -0.2) is 62.0 Å². The zero-order chi connectivity index (χ0) is 21.4. The lowest BCUT2D eigenvalue weighted by Crippen LogP contribution is -2.49. The molecule has 3 heterocycles. The van der Waals surface area contributed by atoms with E-state index in [4.69, 9.17) is 0 Å². The predicted octanol–water partition coefficient (Wildman–Crippen LogP) is 2.93. The Balaban J connectivity index is 1.15. The minimum atomic E-state index is -0.406. The summed E-state index contributed by atoms with van der Waals surface area (Å²) in [6.45, 7) is 1.36. The van der Waals surface area contributed by atoms with Gasteiger partial charge in [0.2, 0.25) is 0 Å². The topological polar surface area (TPSA) is 90.6 Å². The standard InChI is InChI=1S/C24H32N4O3/c29-18-7-5-17(6-8-18)26-24(31)27-11-9-16(10-12-27)23(30)13-21-19-3-1-2-4-20(19)22-14-25-15-28(21)22/h1-4,14-18,21,23,29-30H,5-13H2,(H,26,31)/t17?,18?,21-,23?/m0/s1. The first-order valence-electron chi connectivity index (χ1n) is 11.6. The van der Waals surface area contributed by atoms with Gasteiger partial charge >= 0.3 is 6.03 Å². The third-order valence-electron chi connectivity index (χ3n) is 7.46. The summed E-state index contributed by atoms with van der Waals surface area (Å²) < 4.78 is 2.18. The Bertz CT molecular complexity index is 913. The molecule has 0 radical (unpaired) electrons. The highest BCUT2D eigenvalue weighted by molar-refractivity contribution is 5.74. The number of aliphatic hydroxyl groups excluding tert-OH is 2. The fraction of sp³-hybridized carbons (Fsp3) is 0.583. The number of piperidine rings is 1. The first-order chi connectivity index (χ1) is 15.1. The van der Waals surface area contributed by atoms with Gasteiger partial charge in [-0.3, -0.25) is 0 Å². The van der Waals surface area contributed by atoms with Crippen LogP contribution in [0, 0.1) is 5.92 Å². The molecule has 1 aliphatic carbocycles. The van der Waals surface area contributed by atoms with Crippen LogP contribution in [0.3, 0.4) is 0 Å². The van der Waals surface area contributed by atoms with E-state index in [9.17, 15) is 15.0 Å². The van der Waals surface area contributed by atoms with Crippen molar-refractivity contribution >= 4 is 6.03 Å². The quantitative estimate of drug-likeness (QED) is 0.704. The smallest absolute Gasteiger partial charge is 0.317 e. The highest BCUT2D eigenvalue weighted by Gasteiger charge is 2.34. The zero-order valence-corrected chi connectivity index (χ0v) is 17.9. The number of urea groups is 1. The number of nitrogens with one attached hydrogen (secondary N) is 1. The van der Waals surface area contributed by atoms with Crippen molar-refractivity contribution in [1.82, 2.24) is 19.8 Å². The average molecular weight is 425 g/mol.